The Morgan fingerprint density at radius 1 is 1.25 bits per heavy atom. The molecule has 88 valence electrons. The van der Waals surface area contributed by atoms with E-state index < -0.39 is 0 Å². The molecule has 0 saturated carbocycles. The Labute approximate surface area is 97.7 Å². The van der Waals surface area contributed by atoms with Crippen molar-refractivity contribution in [2.45, 2.75) is 26.2 Å². The molecule has 0 spiro atoms. The van der Waals surface area contributed by atoms with Gasteiger partial charge < -0.3 is 10.4 Å². The van der Waals surface area contributed by atoms with Crippen LogP contribution in [0.3, 0.4) is 0 Å². The molecule has 1 aromatic rings. The minimum absolute atomic E-state index is 0.108. The van der Waals surface area contributed by atoms with Crippen LogP contribution in [0.15, 0.2) is 24.3 Å². The molecule has 0 aliphatic carbocycles. The standard InChI is InChI=1S/C14H21NO/c1-12-4-2-3-5-13(12)10-14(11-16)6-8-15-9-7-14/h2-5,15-16H,6-11H2,1H3. The number of hydrogen-bond acceptors (Lipinski definition) is 2. The maximum atomic E-state index is 9.67. The van der Waals surface area contributed by atoms with Crippen molar-refractivity contribution >= 4 is 0 Å². The van der Waals surface area contributed by atoms with Crippen LogP contribution in [0.4, 0.5) is 0 Å². The van der Waals surface area contributed by atoms with Gasteiger partial charge in [0.05, 0.1) is 0 Å². The minimum atomic E-state index is 0.108. The molecule has 0 atom stereocenters. The molecule has 1 saturated heterocycles. The highest BCUT2D eigenvalue weighted by molar-refractivity contribution is 5.27. The number of rotatable bonds is 3. The lowest BCUT2D eigenvalue weighted by Crippen LogP contribution is -2.40. The van der Waals surface area contributed by atoms with Crippen molar-refractivity contribution in [2.24, 2.45) is 5.41 Å². The Kier molecular flexibility index (Phi) is 3.62. The number of piperidine rings is 1. The van der Waals surface area contributed by atoms with Gasteiger partial charge in [0.25, 0.3) is 0 Å². The van der Waals surface area contributed by atoms with E-state index in [1.54, 1.807) is 0 Å². The zero-order valence-corrected chi connectivity index (χ0v) is 10.00. The van der Waals surface area contributed by atoms with E-state index in [4.69, 9.17) is 0 Å². The highest BCUT2D eigenvalue weighted by Crippen LogP contribution is 2.33. The van der Waals surface area contributed by atoms with E-state index in [0.29, 0.717) is 6.61 Å². The number of nitrogens with one attached hydrogen (secondary N) is 1. The maximum absolute atomic E-state index is 9.67. The Bertz CT molecular complexity index is 342. The summed E-state index contributed by atoms with van der Waals surface area (Å²) in [5, 5.41) is 13.0. The van der Waals surface area contributed by atoms with Crippen LogP contribution in [0.25, 0.3) is 0 Å². The summed E-state index contributed by atoms with van der Waals surface area (Å²) in [6, 6.07) is 8.51. The van der Waals surface area contributed by atoms with Crippen molar-refractivity contribution < 1.29 is 5.11 Å². The molecule has 16 heavy (non-hydrogen) atoms. The zero-order valence-electron chi connectivity index (χ0n) is 10.00. The maximum Gasteiger partial charge on any atom is 0.0491 e. The number of aliphatic hydroxyl groups is 1. The summed E-state index contributed by atoms with van der Waals surface area (Å²) in [4.78, 5) is 0. The Morgan fingerprint density at radius 3 is 2.56 bits per heavy atom. The van der Waals surface area contributed by atoms with Crippen LogP contribution >= 0.6 is 0 Å². The van der Waals surface area contributed by atoms with E-state index in [1.807, 2.05) is 0 Å². The van der Waals surface area contributed by atoms with Gasteiger partial charge in [0.1, 0.15) is 0 Å². The zero-order chi connectivity index (χ0) is 11.4. The first-order valence-electron chi connectivity index (χ1n) is 6.12. The molecule has 1 aliphatic heterocycles. The van der Waals surface area contributed by atoms with Crippen molar-refractivity contribution in [3.8, 4) is 0 Å². The first-order valence-corrected chi connectivity index (χ1v) is 6.12. The fourth-order valence-electron chi connectivity index (χ4n) is 2.56. The van der Waals surface area contributed by atoms with Crippen LogP contribution in [0.1, 0.15) is 24.0 Å². The second kappa shape index (κ2) is 4.98. The van der Waals surface area contributed by atoms with Gasteiger partial charge in [-0.1, -0.05) is 24.3 Å². The number of aliphatic hydroxyl groups excluding tert-OH is 1. The van der Waals surface area contributed by atoms with Gasteiger partial charge in [0, 0.05) is 6.61 Å². The van der Waals surface area contributed by atoms with E-state index in [9.17, 15) is 5.11 Å². The smallest absolute Gasteiger partial charge is 0.0491 e. The van der Waals surface area contributed by atoms with Gasteiger partial charge in [0.15, 0.2) is 0 Å². The molecule has 2 heteroatoms. The van der Waals surface area contributed by atoms with Crippen LogP contribution in [-0.4, -0.2) is 24.8 Å². The summed E-state index contributed by atoms with van der Waals surface area (Å²) < 4.78 is 0. The van der Waals surface area contributed by atoms with E-state index in [0.717, 1.165) is 32.4 Å². The molecule has 0 bridgehead atoms. The third-order valence-corrected chi connectivity index (χ3v) is 3.83. The summed E-state index contributed by atoms with van der Waals surface area (Å²) >= 11 is 0. The third-order valence-electron chi connectivity index (χ3n) is 3.83. The Morgan fingerprint density at radius 2 is 1.94 bits per heavy atom. The second-order valence-electron chi connectivity index (χ2n) is 5.01. The van der Waals surface area contributed by atoms with Crippen LogP contribution < -0.4 is 5.32 Å². The lowest BCUT2D eigenvalue weighted by molar-refractivity contribution is 0.0892. The van der Waals surface area contributed by atoms with E-state index in [2.05, 4.69) is 36.5 Å². The quantitative estimate of drug-likeness (QED) is 0.814. The lowest BCUT2D eigenvalue weighted by Gasteiger charge is -2.36. The molecule has 2 rings (SSSR count). The van der Waals surface area contributed by atoms with Crippen molar-refractivity contribution in [1.29, 1.82) is 0 Å². The molecule has 2 N–H and O–H groups in total. The fourth-order valence-corrected chi connectivity index (χ4v) is 2.56. The second-order valence-corrected chi connectivity index (χ2v) is 5.01. The van der Waals surface area contributed by atoms with Gasteiger partial charge in [-0.3, -0.25) is 0 Å². The number of hydrogen-bond donors (Lipinski definition) is 2. The summed E-state index contributed by atoms with van der Waals surface area (Å²) in [6.07, 6.45) is 3.17. The highest BCUT2D eigenvalue weighted by atomic mass is 16.3. The average Bonchev–Trinajstić information content (AvgIpc) is 2.33. The van der Waals surface area contributed by atoms with Crippen molar-refractivity contribution in [2.75, 3.05) is 19.7 Å². The van der Waals surface area contributed by atoms with Crippen LogP contribution in [0, 0.1) is 12.3 Å². The van der Waals surface area contributed by atoms with Gasteiger partial charge in [-0.25, -0.2) is 0 Å². The first kappa shape index (κ1) is 11.6. The Hall–Kier alpha value is -0.860. The first-order chi connectivity index (χ1) is 7.76. The molecule has 1 fully saturated rings. The molecule has 0 unspecified atom stereocenters. The van der Waals surface area contributed by atoms with Gasteiger partial charge in [0.2, 0.25) is 0 Å². The molecule has 0 aromatic heterocycles. The van der Waals surface area contributed by atoms with Crippen LogP contribution in [0.5, 0.6) is 0 Å². The molecule has 0 amide bonds. The fraction of sp³-hybridized carbons (Fsp3) is 0.571. The molecular weight excluding hydrogens is 198 g/mol. The van der Waals surface area contributed by atoms with E-state index in [-0.39, 0.29) is 5.41 Å². The summed E-state index contributed by atoms with van der Waals surface area (Å²) in [5.41, 5.74) is 2.84. The van der Waals surface area contributed by atoms with Gasteiger partial charge in [-0.2, -0.15) is 0 Å². The monoisotopic (exact) mass is 219 g/mol. The van der Waals surface area contributed by atoms with Crippen LogP contribution in [0.2, 0.25) is 0 Å². The predicted octanol–water partition coefficient (Wildman–Crippen LogP) is 1.90. The molecular formula is C14H21NO. The molecule has 1 aromatic carbocycles. The predicted molar refractivity (Wildman–Crippen MR) is 66.5 cm³/mol. The van der Waals surface area contributed by atoms with Crippen molar-refractivity contribution in [1.82, 2.24) is 5.32 Å². The minimum Gasteiger partial charge on any atom is -0.396 e. The molecule has 0 radical (unpaired) electrons. The SMILES string of the molecule is Cc1ccccc1CC1(CO)CCNCC1. The third kappa shape index (κ3) is 2.45. The summed E-state index contributed by atoms with van der Waals surface area (Å²) in [5.74, 6) is 0. The van der Waals surface area contributed by atoms with Gasteiger partial charge in [-0.15, -0.1) is 0 Å². The summed E-state index contributed by atoms with van der Waals surface area (Å²) in [6.45, 7) is 4.53. The van der Waals surface area contributed by atoms with Gasteiger partial charge in [-0.05, 0) is 55.8 Å². The van der Waals surface area contributed by atoms with E-state index >= 15 is 0 Å². The molecule has 2 nitrogen and oxygen atoms in total. The molecule has 1 heterocycles. The normalized spacial score (nSPS) is 19.6. The Balaban J connectivity index is 2.15. The van der Waals surface area contributed by atoms with Crippen LogP contribution in [-0.2, 0) is 6.42 Å². The van der Waals surface area contributed by atoms with Gasteiger partial charge >= 0.3 is 0 Å². The topological polar surface area (TPSA) is 32.3 Å². The van der Waals surface area contributed by atoms with E-state index in [1.165, 1.54) is 11.1 Å². The highest BCUT2D eigenvalue weighted by Gasteiger charge is 2.31. The number of aryl methyl sites for hydroxylation is 1. The van der Waals surface area contributed by atoms with Crippen molar-refractivity contribution in [3.05, 3.63) is 35.4 Å². The lowest BCUT2D eigenvalue weighted by atomic mass is 9.74. The van der Waals surface area contributed by atoms with Crippen molar-refractivity contribution in [3.63, 3.8) is 0 Å². The molecule has 1 aliphatic rings. The average molecular weight is 219 g/mol. The number of benzene rings is 1. The largest absolute Gasteiger partial charge is 0.396 e. The summed E-state index contributed by atoms with van der Waals surface area (Å²) in [7, 11) is 0.